The number of hydrogen-bond acceptors (Lipinski definition) is 5. The fourth-order valence-corrected chi connectivity index (χ4v) is 3.86. The van der Waals surface area contributed by atoms with Gasteiger partial charge in [-0.3, -0.25) is 14.9 Å². The van der Waals surface area contributed by atoms with Crippen LogP contribution >= 0.6 is 0 Å². The van der Waals surface area contributed by atoms with Crippen LogP contribution in [0.25, 0.3) is 10.9 Å². The third-order valence-electron chi connectivity index (χ3n) is 5.38. The molecule has 3 aromatic rings. The average molecular weight is 407 g/mol. The molecule has 1 heterocycles. The first-order valence-electron chi connectivity index (χ1n) is 9.76. The molecule has 4 rings (SSSR count). The van der Waals surface area contributed by atoms with Gasteiger partial charge < -0.3 is 15.0 Å². The monoisotopic (exact) mass is 407 g/mol. The van der Waals surface area contributed by atoms with Gasteiger partial charge in [-0.15, -0.1) is 0 Å². The topological polar surface area (TPSA) is 114 Å². The van der Waals surface area contributed by atoms with Crippen molar-refractivity contribution in [1.29, 1.82) is 0 Å². The highest BCUT2D eigenvalue weighted by Crippen LogP contribution is 2.32. The normalized spacial score (nSPS) is 15.4. The molecular formula is C22H21N3O5. The Morgan fingerprint density at radius 2 is 2.07 bits per heavy atom. The van der Waals surface area contributed by atoms with Gasteiger partial charge in [0.1, 0.15) is 5.69 Å². The van der Waals surface area contributed by atoms with Crippen LogP contribution in [0.2, 0.25) is 0 Å². The Bertz CT molecular complexity index is 1150. The summed E-state index contributed by atoms with van der Waals surface area (Å²) < 4.78 is 5.12. The highest BCUT2D eigenvalue weighted by atomic mass is 16.6. The van der Waals surface area contributed by atoms with Gasteiger partial charge >= 0.3 is 5.97 Å². The summed E-state index contributed by atoms with van der Waals surface area (Å²) in [5.74, 6) is -0.669. The molecule has 8 nitrogen and oxygen atoms in total. The smallest absolute Gasteiger partial charge is 0.338 e. The number of aromatic amines is 1. The molecule has 0 saturated heterocycles. The Morgan fingerprint density at radius 3 is 2.87 bits per heavy atom. The molecule has 30 heavy (non-hydrogen) atoms. The number of nitrogens with one attached hydrogen (secondary N) is 2. The predicted molar refractivity (Wildman–Crippen MR) is 111 cm³/mol. The lowest BCUT2D eigenvalue weighted by molar-refractivity contribution is -0.383. The number of anilines is 1. The lowest BCUT2D eigenvalue weighted by atomic mass is 9.87. The van der Waals surface area contributed by atoms with Crippen LogP contribution in [0, 0.1) is 16.0 Å². The minimum atomic E-state index is -0.647. The van der Waals surface area contributed by atoms with Crippen molar-refractivity contribution < 1.29 is 19.2 Å². The predicted octanol–water partition coefficient (Wildman–Crippen LogP) is 4.00. The number of ether oxygens (including phenoxy) is 1. The molecule has 154 valence electrons. The van der Waals surface area contributed by atoms with E-state index in [0.717, 1.165) is 30.2 Å². The molecule has 2 N–H and O–H groups in total. The molecule has 1 aliphatic rings. The van der Waals surface area contributed by atoms with E-state index in [2.05, 4.69) is 17.2 Å². The number of nitro benzene ring substituents is 1. The number of hydrogen-bond donors (Lipinski definition) is 2. The number of fused-ring (bicyclic) bond motifs is 3. The molecule has 0 bridgehead atoms. The largest absolute Gasteiger partial charge is 0.452 e. The van der Waals surface area contributed by atoms with E-state index in [1.165, 1.54) is 29.5 Å². The van der Waals surface area contributed by atoms with Crippen molar-refractivity contribution in [1.82, 2.24) is 4.98 Å². The van der Waals surface area contributed by atoms with Crippen LogP contribution in [0.3, 0.4) is 0 Å². The summed E-state index contributed by atoms with van der Waals surface area (Å²) in [4.78, 5) is 38.4. The zero-order valence-corrected chi connectivity index (χ0v) is 16.4. The van der Waals surface area contributed by atoms with Crippen LogP contribution < -0.4 is 5.32 Å². The fourth-order valence-electron chi connectivity index (χ4n) is 3.86. The zero-order chi connectivity index (χ0) is 21.3. The van der Waals surface area contributed by atoms with Gasteiger partial charge in [-0.05, 0) is 55.0 Å². The molecule has 1 aliphatic carbocycles. The van der Waals surface area contributed by atoms with E-state index in [4.69, 9.17) is 4.74 Å². The number of aryl methyl sites for hydroxylation is 1. The van der Waals surface area contributed by atoms with Crippen molar-refractivity contribution in [2.75, 3.05) is 11.9 Å². The molecule has 8 heteroatoms. The number of amides is 1. The molecule has 0 fully saturated rings. The SMILES string of the molecule is CC1CCc2[nH]c3ccc(C(=O)OCC(=O)Nc4ccccc4[N+](=O)[O-])cc3c2C1. The molecule has 0 saturated carbocycles. The van der Waals surface area contributed by atoms with E-state index in [-0.39, 0.29) is 11.4 Å². The van der Waals surface area contributed by atoms with Gasteiger partial charge in [-0.1, -0.05) is 19.1 Å². The molecule has 1 aromatic heterocycles. The molecule has 2 aromatic carbocycles. The summed E-state index contributed by atoms with van der Waals surface area (Å²) in [5, 5.41) is 14.4. The molecule has 1 amide bonds. The molecule has 0 spiro atoms. The first-order chi connectivity index (χ1) is 14.4. The number of aromatic nitrogens is 1. The highest BCUT2D eigenvalue weighted by Gasteiger charge is 2.21. The van der Waals surface area contributed by atoms with Crippen molar-refractivity contribution in [2.45, 2.75) is 26.2 Å². The third-order valence-corrected chi connectivity index (χ3v) is 5.38. The summed E-state index contributed by atoms with van der Waals surface area (Å²) in [6.45, 7) is 1.68. The van der Waals surface area contributed by atoms with E-state index in [1.807, 2.05) is 6.07 Å². The Morgan fingerprint density at radius 1 is 1.27 bits per heavy atom. The minimum Gasteiger partial charge on any atom is -0.452 e. The quantitative estimate of drug-likeness (QED) is 0.377. The van der Waals surface area contributed by atoms with Gasteiger partial charge in [-0.25, -0.2) is 4.79 Å². The van der Waals surface area contributed by atoms with Crippen molar-refractivity contribution in [3.8, 4) is 0 Å². The Balaban J connectivity index is 1.44. The summed E-state index contributed by atoms with van der Waals surface area (Å²) in [6.07, 6.45) is 3.10. The number of nitrogens with zero attached hydrogens (tertiary/aromatic N) is 1. The number of para-hydroxylation sites is 2. The molecular weight excluding hydrogens is 386 g/mol. The number of esters is 1. The zero-order valence-electron chi connectivity index (χ0n) is 16.4. The Kier molecular flexibility index (Phi) is 5.22. The average Bonchev–Trinajstić information content (AvgIpc) is 3.09. The van der Waals surface area contributed by atoms with Gasteiger partial charge in [0.15, 0.2) is 6.61 Å². The fraction of sp³-hybridized carbons (Fsp3) is 0.273. The van der Waals surface area contributed by atoms with Crippen molar-refractivity contribution in [3.63, 3.8) is 0 Å². The van der Waals surface area contributed by atoms with Crippen LogP contribution in [-0.2, 0) is 22.4 Å². The van der Waals surface area contributed by atoms with Gasteiger partial charge in [0.25, 0.3) is 11.6 Å². The number of benzene rings is 2. The number of rotatable bonds is 5. The van der Waals surface area contributed by atoms with Crippen LogP contribution in [0.4, 0.5) is 11.4 Å². The second-order valence-electron chi connectivity index (χ2n) is 7.59. The lowest BCUT2D eigenvalue weighted by Crippen LogP contribution is -2.21. The van der Waals surface area contributed by atoms with Crippen molar-refractivity contribution in [3.05, 3.63) is 69.4 Å². The summed E-state index contributed by atoms with van der Waals surface area (Å²) in [7, 11) is 0. The van der Waals surface area contributed by atoms with Gasteiger partial charge in [-0.2, -0.15) is 0 Å². The lowest BCUT2D eigenvalue weighted by Gasteiger charge is -2.18. The first-order valence-corrected chi connectivity index (χ1v) is 9.76. The Labute approximate surface area is 172 Å². The highest BCUT2D eigenvalue weighted by molar-refractivity contribution is 5.99. The first kappa shape index (κ1) is 19.6. The van der Waals surface area contributed by atoms with E-state index in [1.54, 1.807) is 18.2 Å². The number of H-pyrrole nitrogens is 1. The van der Waals surface area contributed by atoms with Crippen LogP contribution in [0.5, 0.6) is 0 Å². The minimum absolute atomic E-state index is 0.0537. The van der Waals surface area contributed by atoms with Crippen LogP contribution in [-0.4, -0.2) is 28.4 Å². The number of carbonyl (C=O) groups is 2. The molecule has 1 unspecified atom stereocenters. The van der Waals surface area contributed by atoms with E-state index in [9.17, 15) is 19.7 Å². The Hall–Kier alpha value is -3.68. The maximum absolute atomic E-state index is 12.5. The van der Waals surface area contributed by atoms with E-state index >= 15 is 0 Å². The standard InChI is InChI=1S/C22H21N3O5/c1-13-6-8-17-15(10-13)16-11-14(7-9-18(16)23-17)22(27)30-12-21(26)24-19-4-2-3-5-20(19)25(28)29/h2-5,7,9,11,13,23H,6,8,10,12H2,1H3,(H,24,26). The van der Waals surface area contributed by atoms with E-state index < -0.39 is 23.4 Å². The van der Waals surface area contributed by atoms with E-state index in [0.29, 0.717) is 11.5 Å². The second-order valence-corrected chi connectivity index (χ2v) is 7.59. The third kappa shape index (κ3) is 3.89. The van der Waals surface area contributed by atoms with Crippen LogP contribution in [0.15, 0.2) is 42.5 Å². The van der Waals surface area contributed by atoms with Gasteiger partial charge in [0, 0.05) is 22.7 Å². The number of carbonyl (C=O) groups excluding carboxylic acids is 2. The summed E-state index contributed by atoms with van der Waals surface area (Å²) in [5.41, 5.74) is 3.64. The van der Waals surface area contributed by atoms with Crippen molar-refractivity contribution in [2.24, 2.45) is 5.92 Å². The van der Waals surface area contributed by atoms with Crippen molar-refractivity contribution >= 4 is 34.2 Å². The molecule has 1 atom stereocenters. The van der Waals surface area contributed by atoms with Crippen LogP contribution in [0.1, 0.15) is 35.0 Å². The maximum Gasteiger partial charge on any atom is 0.338 e. The molecule has 0 radical (unpaired) electrons. The van der Waals surface area contributed by atoms with Gasteiger partial charge in [0.05, 0.1) is 10.5 Å². The second kappa shape index (κ2) is 7.98. The van der Waals surface area contributed by atoms with Gasteiger partial charge in [0.2, 0.25) is 0 Å². The maximum atomic E-state index is 12.5. The molecule has 0 aliphatic heterocycles. The summed E-state index contributed by atoms with van der Waals surface area (Å²) in [6, 6.07) is 11.1. The summed E-state index contributed by atoms with van der Waals surface area (Å²) >= 11 is 0. The number of nitro groups is 1.